The molecule has 0 radical (unpaired) electrons. The molecule has 0 spiro atoms. The first-order valence-corrected chi connectivity index (χ1v) is 12.6. The van der Waals surface area contributed by atoms with Crippen molar-refractivity contribution in [2.45, 2.75) is 65.6 Å². The van der Waals surface area contributed by atoms with Crippen LogP contribution in [0.5, 0.6) is 0 Å². The largest absolute Gasteiger partial charge is 3.00 e. The van der Waals surface area contributed by atoms with Gasteiger partial charge in [-0.3, -0.25) is 14.3 Å². The molecule has 0 aromatic heterocycles. The van der Waals surface area contributed by atoms with Gasteiger partial charge < -0.3 is 18.7 Å². The molecular formula is C24H40N3O4SY. The second-order valence-electron chi connectivity index (χ2n) is 8.23. The number of rotatable bonds is 7. The third-order valence-electron chi connectivity index (χ3n) is 6.72. The van der Waals surface area contributed by atoms with Crippen molar-refractivity contribution in [3.05, 3.63) is 47.7 Å². The minimum atomic E-state index is -3.92. The van der Waals surface area contributed by atoms with E-state index in [2.05, 4.69) is 59.4 Å². The molecule has 0 aliphatic carbocycles. The fourth-order valence-corrected chi connectivity index (χ4v) is 6.22. The molecule has 33 heavy (non-hydrogen) atoms. The smallest absolute Gasteiger partial charge is 0.329 e. The summed E-state index contributed by atoms with van der Waals surface area (Å²) in [6.07, 6.45) is 1.42. The van der Waals surface area contributed by atoms with Crippen molar-refractivity contribution in [1.82, 2.24) is 14.7 Å². The van der Waals surface area contributed by atoms with Crippen molar-refractivity contribution >= 4 is 15.9 Å². The summed E-state index contributed by atoms with van der Waals surface area (Å²) in [5.41, 5.74) is 8.45. The molecule has 1 aliphatic heterocycles. The molecule has 0 bridgehead atoms. The van der Waals surface area contributed by atoms with Gasteiger partial charge in [-0.05, 0) is 19.4 Å². The standard InChI is InChI=1S/C12H23N3O4S.C12H17.Y/c1-4-14-9-7-12(8-10-14,11(16)13-17)20(18,19)15(5-2)6-3;1-6-12-10(4)8(2)7-9(3)11(12)5;/h17H,2-10H2,1H3,(H,13,16);6H2,1-5H3;/q-2;-1;+3. The van der Waals surface area contributed by atoms with Gasteiger partial charge in [0, 0.05) is 13.1 Å². The molecule has 0 atom stereocenters. The summed E-state index contributed by atoms with van der Waals surface area (Å²) in [6.45, 7) is 21.8. The number of amides is 1. The summed E-state index contributed by atoms with van der Waals surface area (Å²) in [6, 6.07) is 3.38. The third-order valence-corrected chi connectivity index (χ3v) is 9.34. The summed E-state index contributed by atoms with van der Waals surface area (Å²) >= 11 is 0. The Kier molecular flexibility index (Phi) is 14.1. The van der Waals surface area contributed by atoms with Gasteiger partial charge in [-0.15, -0.1) is 13.1 Å². The second kappa shape index (κ2) is 14.2. The SMILES string of the molecule is CCc1c(C)c(C)[c-]c(C)c1C.[CH2-]CN(C[CH2-])S(=O)(=O)C1(C(=O)NO)CCN(CC)CC1.[Y+3]. The molecule has 1 aliphatic rings. The van der Waals surface area contributed by atoms with E-state index < -0.39 is 20.7 Å². The van der Waals surface area contributed by atoms with Gasteiger partial charge in [0.25, 0.3) is 5.91 Å². The molecule has 0 unspecified atom stereocenters. The van der Waals surface area contributed by atoms with Gasteiger partial charge in [-0.2, -0.15) is 33.9 Å². The fraction of sp³-hybridized carbons (Fsp3) is 0.625. The topological polar surface area (TPSA) is 90.0 Å². The van der Waals surface area contributed by atoms with Crippen molar-refractivity contribution in [2.24, 2.45) is 0 Å². The van der Waals surface area contributed by atoms with Crippen molar-refractivity contribution in [2.75, 3.05) is 32.7 Å². The second-order valence-corrected chi connectivity index (χ2v) is 10.5. The summed E-state index contributed by atoms with van der Waals surface area (Å²) in [5.74, 6) is -0.875. The van der Waals surface area contributed by atoms with Crippen molar-refractivity contribution in [1.29, 1.82) is 0 Å². The predicted molar refractivity (Wildman–Crippen MR) is 129 cm³/mol. The van der Waals surface area contributed by atoms with Crippen LogP contribution in [-0.4, -0.2) is 66.2 Å². The van der Waals surface area contributed by atoms with Crippen LogP contribution in [0.3, 0.4) is 0 Å². The summed E-state index contributed by atoms with van der Waals surface area (Å²) in [5, 5.41) is 8.94. The van der Waals surface area contributed by atoms with Gasteiger partial charge in [0.15, 0.2) is 4.75 Å². The van der Waals surface area contributed by atoms with Crippen molar-refractivity contribution < 1.29 is 51.1 Å². The van der Waals surface area contributed by atoms with Crippen LogP contribution in [0.25, 0.3) is 0 Å². The Labute approximate surface area is 226 Å². The molecule has 2 N–H and O–H groups in total. The van der Waals surface area contributed by atoms with Gasteiger partial charge in [-0.25, -0.2) is 13.9 Å². The Morgan fingerprint density at radius 2 is 1.55 bits per heavy atom. The van der Waals surface area contributed by atoms with E-state index in [1.807, 2.05) is 6.92 Å². The predicted octanol–water partition coefficient (Wildman–Crippen LogP) is 2.93. The monoisotopic (exact) mass is 555 g/mol. The van der Waals surface area contributed by atoms with E-state index in [-0.39, 0.29) is 58.6 Å². The van der Waals surface area contributed by atoms with Gasteiger partial charge in [0.2, 0.25) is 10.0 Å². The molecule has 1 fully saturated rings. The van der Waals surface area contributed by atoms with Crippen LogP contribution in [-0.2, 0) is 53.9 Å². The number of carbonyl (C=O) groups is 1. The molecular weight excluding hydrogens is 515 g/mol. The molecule has 9 heteroatoms. The minimum Gasteiger partial charge on any atom is -0.329 e. The number of benzene rings is 1. The van der Waals surface area contributed by atoms with Gasteiger partial charge in [-0.1, -0.05) is 48.0 Å². The first-order chi connectivity index (χ1) is 15.0. The summed E-state index contributed by atoms with van der Waals surface area (Å²) in [7, 11) is -3.92. The number of hydrogen-bond acceptors (Lipinski definition) is 5. The number of sulfonamides is 1. The maximum atomic E-state index is 12.7. The first kappa shape index (κ1) is 32.6. The molecule has 2 rings (SSSR count). The van der Waals surface area contributed by atoms with E-state index in [0.717, 1.165) is 17.3 Å². The Morgan fingerprint density at radius 3 is 1.88 bits per heavy atom. The number of likely N-dealkylation sites (tertiary alicyclic amines) is 1. The average molecular weight is 556 g/mol. The van der Waals surface area contributed by atoms with Crippen molar-refractivity contribution in [3.63, 3.8) is 0 Å². The zero-order valence-corrected chi connectivity index (χ0v) is 24.8. The molecule has 1 aromatic carbocycles. The van der Waals surface area contributed by atoms with Gasteiger partial charge in [0.1, 0.15) is 0 Å². The van der Waals surface area contributed by atoms with E-state index in [4.69, 9.17) is 5.21 Å². The zero-order valence-electron chi connectivity index (χ0n) is 21.1. The molecule has 7 nitrogen and oxygen atoms in total. The number of hydroxylamine groups is 1. The fourth-order valence-electron chi connectivity index (χ4n) is 4.27. The van der Waals surface area contributed by atoms with Crippen molar-refractivity contribution in [3.8, 4) is 0 Å². The number of piperidine rings is 1. The van der Waals surface area contributed by atoms with Crippen LogP contribution in [0.2, 0.25) is 0 Å². The maximum absolute atomic E-state index is 12.7. The van der Waals surface area contributed by atoms with Gasteiger partial charge in [0.05, 0.1) is 0 Å². The molecule has 184 valence electrons. The quantitative estimate of drug-likeness (QED) is 0.307. The van der Waals surface area contributed by atoms with E-state index in [1.165, 1.54) is 33.3 Å². The molecule has 0 saturated carbocycles. The molecule has 1 saturated heterocycles. The number of carbonyl (C=O) groups excluding carboxylic acids is 1. The molecule has 1 heterocycles. The zero-order chi connectivity index (χ0) is 24.7. The summed E-state index contributed by atoms with van der Waals surface area (Å²) in [4.78, 5) is 14.1. The van der Waals surface area contributed by atoms with E-state index in [9.17, 15) is 13.2 Å². The van der Waals surface area contributed by atoms with E-state index in [0.29, 0.717) is 13.1 Å². The number of nitrogens with zero attached hydrogens (tertiary/aromatic N) is 2. The third kappa shape index (κ3) is 7.08. The van der Waals surface area contributed by atoms with E-state index in [1.54, 1.807) is 0 Å². The summed E-state index contributed by atoms with van der Waals surface area (Å²) < 4.78 is 24.9. The van der Waals surface area contributed by atoms with Gasteiger partial charge >= 0.3 is 32.7 Å². The van der Waals surface area contributed by atoms with Crippen LogP contribution in [0.1, 0.15) is 54.5 Å². The van der Waals surface area contributed by atoms with E-state index >= 15 is 0 Å². The van der Waals surface area contributed by atoms with Crippen LogP contribution in [0.4, 0.5) is 0 Å². The molecule has 1 aromatic rings. The Morgan fingerprint density at radius 1 is 1.09 bits per heavy atom. The Balaban J connectivity index is 0.000000675. The average Bonchev–Trinajstić information content (AvgIpc) is 2.78. The minimum absolute atomic E-state index is 0. The Hall–Kier alpha value is -0.376. The van der Waals surface area contributed by atoms with Crippen LogP contribution >= 0.6 is 0 Å². The number of aryl methyl sites for hydroxylation is 2. The van der Waals surface area contributed by atoms with Crippen LogP contribution in [0.15, 0.2) is 0 Å². The van der Waals surface area contributed by atoms with Crippen LogP contribution in [0, 0.1) is 47.6 Å². The maximum Gasteiger partial charge on any atom is 3.00 e. The first-order valence-electron chi connectivity index (χ1n) is 11.2. The Bertz CT molecular complexity index is 852. The molecule has 1 amide bonds. The number of nitrogens with one attached hydrogen (secondary N) is 1. The normalized spacial score (nSPS) is 15.9. The number of hydrogen-bond donors (Lipinski definition) is 2. The van der Waals surface area contributed by atoms with Crippen LogP contribution < -0.4 is 5.48 Å².